The van der Waals surface area contributed by atoms with Crippen molar-refractivity contribution in [2.24, 2.45) is 0 Å². The maximum absolute atomic E-state index is 12.9. The molecular weight excluding hydrogens is 402 g/mol. The number of phenols is 1. The highest BCUT2D eigenvalue weighted by molar-refractivity contribution is 6.16. The van der Waals surface area contributed by atoms with Crippen LogP contribution in [0, 0.1) is 0 Å². The van der Waals surface area contributed by atoms with Crippen molar-refractivity contribution < 1.29 is 34.1 Å². The van der Waals surface area contributed by atoms with Gasteiger partial charge in [-0.25, -0.2) is 4.79 Å². The average Bonchev–Trinajstić information content (AvgIpc) is 3.01. The molecule has 0 spiro atoms. The van der Waals surface area contributed by atoms with E-state index in [1.807, 2.05) is 0 Å². The molecule has 0 aromatic heterocycles. The first-order valence-electron chi connectivity index (χ1n) is 9.80. The molecule has 8 heteroatoms. The Kier molecular flexibility index (Phi) is 6.29. The van der Waals surface area contributed by atoms with Gasteiger partial charge in [-0.15, -0.1) is 0 Å². The standard InChI is InChI=1S/C23H23NO7/c1-4-30-18-12-15(8-11-17(18)26)20-19(13(3)25)21(27)22(28)24(20)16-9-6-14(7-10-16)23(29)31-5-2/h6-12,20,26-27H,4-5H2,1-3H3. The number of aliphatic hydroxyl groups excluding tert-OH is 1. The Morgan fingerprint density at radius 1 is 1.03 bits per heavy atom. The van der Waals surface area contributed by atoms with E-state index in [4.69, 9.17) is 9.47 Å². The lowest BCUT2D eigenvalue weighted by Crippen LogP contribution is -2.30. The lowest BCUT2D eigenvalue weighted by atomic mass is 9.96. The number of phenolic OH excluding ortho intramolecular Hbond substituents is 1. The van der Waals surface area contributed by atoms with Gasteiger partial charge in [0.2, 0.25) is 0 Å². The van der Waals surface area contributed by atoms with Gasteiger partial charge in [0.15, 0.2) is 23.0 Å². The number of rotatable bonds is 7. The molecule has 1 aliphatic heterocycles. The number of Topliss-reactive ketones (excluding diaryl/α,β-unsaturated/α-hetero) is 1. The molecule has 31 heavy (non-hydrogen) atoms. The second-order valence-electron chi connectivity index (χ2n) is 6.82. The summed E-state index contributed by atoms with van der Waals surface area (Å²) in [5.41, 5.74) is 1.09. The van der Waals surface area contributed by atoms with E-state index in [1.165, 1.54) is 48.2 Å². The lowest BCUT2D eigenvalue weighted by Gasteiger charge is -2.27. The van der Waals surface area contributed by atoms with Crippen LogP contribution < -0.4 is 9.64 Å². The number of benzene rings is 2. The summed E-state index contributed by atoms with van der Waals surface area (Å²) in [6.07, 6.45) is 0. The van der Waals surface area contributed by atoms with Gasteiger partial charge < -0.3 is 19.7 Å². The van der Waals surface area contributed by atoms with E-state index in [9.17, 15) is 24.6 Å². The van der Waals surface area contributed by atoms with Crippen molar-refractivity contribution in [2.75, 3.05) is 18.1 Å². The van der Waals surface area contributed by atoms with Crippen molar-refractivity contribution in [3.8, 4) is 11.5 Å². The molecule has 0 aliphatic carbocycles. The Morgan fingerprint density at radius 2 is 1.71 bits per heavy atom. The molecule has 1 unspecified atom stereocenters. The summed E-state index contributed by atoms with van der Waals surface area (Å²) in [7, 11) is 0. The van der Waals surface area contributed by atoms with E-state index in [0.717, 1.165) is 0 Å². The molecule has 0 bridgehead atoms. The Balaban J connectivity index is 2.09. The van der Waals surface area contributed by atoms with Crippen LogP contribution in [0.3, 0.4) is 0 Å². The quantitative estimate of drug-likeness (QED) is 0.653. The number of aliphatic hydroxyl groups is 1. The molecule has 3 rings (SSSR count). The molecular formula is C23H23NO7. The van der Waals surface area contributed by atoms with Gasteiger partial charge >= 0.3 is 5.97 Å². The number of hydrogen-bond acceptors (Lipinski definition) is 7. The molecule has 0 fully saturated rings. The largest absolute Gasteiger partial charge is 0.504 e. The molecule has 8 nitrogen and oxygen atoms in total. The van der Waals surface area contributed by atoms with Crippen LogP contribution in [-0.2, 0) is 14.3 Å². The number of hydrogen-bond donors (Lipinski definition) is 2. The van der Waals surface area contributed by atoms with Crippen LogP contribution in [0.2, 0.25) is 0 Å². The first kappa shape index (κ1) is 21.9. The number of carbonyl (C=O) groups excluding carboxylic acids is 3. The summed E-state index contributed by atoms with van der Waals surface area (Å²) >= 11 is 0. The maximum Gasteiger partial charge on any atom is 0.338 e. The second-order valence-corrected chi connectivity index (χ2v) is 6.82. The van der Waals surface area contributed by atoms with E-state index in [2.05, 4.69) is 0 Å². The number of aromatic hydroxyl groups is 1. The Morgan fingerprint density at radius 3 is 2.29 bits per heavy atom. The number of nitrogens with zero attached hydrogens (tertiary/aromatic N) is 1. The van der Waals surface area contributed by atoms with Gasteiger partial charge in [-0.1, -0.05) is 6.07 Å². The van der Waals surface area contributed by atoms with E-state index in [-0.39, 0.29) is 23.7 Å². The third kappa shape index (κ3) is 4.09. The van der Waals surface area contributed by atoms with Gasteiger partial charge in [0, 0.05) is 5.69 Å². The number of esters is 1. The molecule has 2 aromatic rings. The van der Waals surface area contributed by atoms with E-state index in [1.54, 1.807) is 19.9 Å². The number of carbonyl (C=O) groups is 3. The molecule has 1 atom stereocenters. The van der Waals surface area contributed by atoms with Crippen LogP contribution in [0.25, 0.3) is 0 Å². The van der Waals surface area contributed by atoms with E-state index >= 15 is 0 Å². The fraction of sp³-hybridized carbons (Fsp3) is 0.261. The second kappa shape index (κ2) is 8.91. The van der Waals surface area contributed by atoms with E-state index in [0.29, 0.717) is 23.4 Å². The average molecular weight is 425 g/mol. The van der Waals surface area contributed by atoms with Crippen LogP contribution in [0.15, 0.2) is 53.8 Å². The molecule has 0 saturated carbocycles. The number of amides is 1. The molecule has 162 valence electrons. The molecule has 2 N–H and O–H groups in total. The zero-order chi connectivity index (χ0) is 22.7. The monoisotopic (exact) mass is 425 g/mol. The lowest BCUT2D eigenvalue weighted by molar-refractivity contribution is -0.117. The number of anilines is 1. The fourth-order valence-corrected chi connectivity index (χ4v) is 3.49. The normalized spacial score (nSPS) is 15.9. The van der Waals surface area contributed by atoms with Crippen molar-refractivity contribution in [1.82, 2.24) is 0 Å². The van der Waals surface area contributed by atoms with Gasteiger partial charge in [0.25, 0.3) is 5.91 Å². The van der Waals surface area contributed by atoms with Crippen LogP contribution >= 0.6 is 0 Å². The summed E-state index contributed by atoms with van der Waals surface area (Å²) in [6.45, 7) is 5.26. The molecule has 1 amide bonds. The molecule has 0 radical (unpaired) electrons. The van der Waals surface area contributed by atoms with Gasteiger partial charge in [-0.05, 0) is 62.7 Å². The summed E-state index contributed by atoms with van der Waals surface area (Å²) < 4.78 is 10.4. The van der Waals surface area contributed by atoms with Crippen molar-refractivity contribution in [2.45, 2.75) is 26.8 Å². The van der Waals surface area contributed by atoms with Crippen LogP contribution in [0.1, 0.15) is 42.7 Å². The Bertz CT molecular complexity index is 1060. The zero-order valence-corrected chi connectivity index (χ0v) is 17.4. The highest BCUT2D eigenvalue weighted by Gasteiger charge is 2.43. The minimum absolute atomic E-state index is 0.0624. The first-order chi connectivity index (χ1) is 14.8. The highest BCUT2D eigenvalue weighted by atomic mass is 16.5. The Hall–Kier alpha value is -3.81. The van der Waals surface area contributed by atoms with Gasteiger partial charge in [-0.2, -0.15) is 0 Å². The smallest absolute Gasteiger partial charge is 0.338 e. The summed E-state index contributed by atoms with van der Waals surface area (Å²) in [5.74, 6) is -2.24. The maximum atomic E-state index is 12.9. The van der Waals surface area contributed by atoms with E-state index < -0.39 is 29.5 Å². The predicted molar refractivity (Wildman–Crippen MR) is 112 cm³/mol. The highest BCUT2D eigenvalue weighted by Crippen LogP contribution is 2.43. The summed E-state index contributed by atoms with van der Waals surface area (Å²) in [4.78, 5) is 38.4. The minimum Gasteiger partial charge on any atom is -0.504 e. The fourth-order valence-electron chi connectivity index (χ4n) is 3.49. The molecule has 0 saturated heterocycles. The zero-order valence-electron chi connectivity index (χ0n) is 17.4. The van der Waals surface area contributed by atoms with Gasteiger partial charge in [0.1, 0.15) is 0 Å². The summed E-state index contributed by atoms with van der Waals surface area (Å²) in [5, 5.41) is 20.5. The van der Waals surface area contributed by atoms with Crippen LogP contribution in [0.4, 0.5) is 5.69 Å². The third-order valence-electron chi connectivity index (χ3n) is 4.84. The van der Waals surface area contributed by atoms with Gasteiger partial charge in [0.05, 0.1) is 30.4 Å². The van der Waals surface area contributed by atoms with Crippen LogP contribution in [0.5, 0.6) is 11.5 Å². The number of ketones is 1. The van der Waals surface area contributed by atoms with Crippen molar-refractivity contribution >= 4 is 23.3 Å². The van der Waals surface area contributed by atoms with Crippen molar-refractivity contribution in [3.05, 3.63) is 64.9 Å². The van der Waals surface area contributed by atoms with Gasteiger partial charge in [-0.3, -0.25) is 14.5 Å². The van der Waals surface area contributed by atoms with Crippen molar-refractivity contribution in [3.63, 3.8) is 0 Å². The summed E-state index contributed by atoms with van der Waals surface area (Å²) in [6, 6.07) is 9.63. The minimum atomic E-state index is -0.932. The first-order valence-corrected chi connectivity index (χ1v) is 9.80. The van der Waals surface area contributed by atoms with Crippen LogP contribution in [-0.4, -0.2) is 41.1 Å². The predicted octanol–water partition coefficient (Wildman–Crippen LogP) is 3.46. The SMILES string of the molecule is CCOC(=O)c1ccc(N2C(=O)C(O)=C(C(C)=O)C2c2ccc(O)c(OCC)c2)cc1. The molecule has 2 aromatic carbocycles. The number of ether oxygens (including phenoxy) is 2. The third-order valence-corrected chi connectivity index (χ3v) is 4.84. The molecule has 1 heterocycles. The molecule has 1 aliphatic rings. The Labute approximate surface area is 179 Å². The van der Waals surface area contributed by atoms with Crippen molar-refractivity contribution in [1.29, 1.82) is 0 Å². The topological polar surface area (TPSA) is 113 Å².